The van der Waals surface area contributed by atoms with Crippen molar-refractivity contribution in [3.05, 3.63) is 22.4 Å². The van der Waals surface area contributed by atoms with Gasteiger partial charge in [-0.1, -0.05) is 32.3 Å². The Morgan fingerprint density at radius 1 is 1.37 bits per heavy atom. The lowest BCUT2D eigenvalue weighted by atomic mass is 9.55. The van der Waals surface area contributed by atoms with Crippen LogP contribution >= 0.6 is 11.3 Å². The largest absolute Gasteiger partial charge is 0.372 e. The topological polar surface area (TPSA) is 21.3 Å². The van der Waals surface area contributed by atoms with E-state index in [0.29, 0.717) is 17.6 Å². The minimum absolute atomic E-state index is 0.450. The van der Waals surface area contributed by atoms with Crippen LogP contribution in [0.3, 0.4) is 0 Å². The Morgan fingerprint density at radius 3 is 2.89 bits per heavy atom. The van der Waals surface area contributed by atoms with Gasteiger partial charge in [0.15, 0.2) is 0 Å². The molecule has 2 saturated carbocycles. The number of nitrogens with one attached hydrogen (secondary N) is 1. The molecule has 1 heterocycles. The molecule has 1 N–H and O–H groups in total. The molecule has 0 radical (unpaired) electrons. The van der Waals surface area contributed by atoms with Crippen LogP contribution in [0.2, 0.25) is 0 Å². The molecule has 2 nitrogen and oxygen atoms in total. The van der Waals surface area contributed by atoms with E-state index in [2.05, 4.69) is 29.8 Å². The van der Waals surface area contributed by atoms with Gasteiger partial charge >= 0.3 is 0 Å². The Hall–Kier alpha value is -0.380. The first-order valence-electron chi connectivity index (χ1n) is 7.72. The van der Waals surface area contributed by atoms with Gasteiger partial charge in [0.05, 0.1) is 12.7 Å². The van der Waals surface area contributed by atoms with Gasteiger partial charge in [0.25, 0.3) is 0 Å². The van der Waals surface area contributed by atoms with Crippen molar-refractivity contribution >= 4 is 11.3 Å². The van der Waals surface area contributed by atoms with E-state index in [1.54, 1.807) is 11.3 Å². The molecule has 2 aliphatic carbocycles. The number of hydrogen-bond donors (Lipinski definition) is 1. The summed E-state index contributed by atoms with van der Waals surface area (Å²) in [5.41, 5.74) is 0.450. The first kappa shape index (κ1) is 13.6. The molecular formula is C16H25NOS. The van der Waals surface area contributed by atoms with E-state index < -0.39 is 0 Å². The predicted molar refractivity (Wildman–Crippen MR) is 80.5 cm³/mol. The molecule has 3 heteroatoms. The highest BCUT2D eigenvalue weighted by molar-refractivity contribution is 7.09. The van der Waals surface area contributed by atoms with Crippen molar-refractivity contribution in [2.24, 2.45) is 5.41 Å². The quantitative estimate of drug-likeness (QED) is 0.880. The second-order valence-electron chi connectivity index (χ2n) is 6.02. The Bertz CT molecular complexity index is 383. The van der Waals surface area contributed by atoms with Crippen molar-refractivity contribution in [3.63, 3.8) is 0 Å². The fraction of sp³-hybridized carbons (Fsp3) is 0.750. The Morgan fingerprint density at radius 2 is 2.21 bits per heavy atom. The van der Waals surface area contributed by atoms with Crippen LogP contribution in [-0.2, 0) is 11.3 Å². The average molecular weight is 279 g/mol. The normalized spacial score (nSPS) is 29.3. The minimum Gasteiger partial charge on any atom is -0.372 e. The molecular weight excluding hydrogens is 254 g/mol. The maximum absolute atomic E-state index is 6.26. The average Bonchev–Trinajstić information content (AvgIpc) is 2.96. The second kappa shape index (κ2) is 5.94. The third-order valence-electron chi connectivity index (χ3n) is 5.03. The molecule has 2 atom stereocenters. The maximum Gasteiger partial charge on any atom is 0.0813 e. The molecule has 1 aromatic heterocycles. The highest BCUT2D eigenvalue weighted by Crippen LogP contribution is 2.53. The summed E-state index contributed by atoms with van der Waals surface area (Å²) >= 11 is 1.81. The van der Waals surface area contributed by atoms with E-state index in [-0.39, 0.29) is 0 Å². The zero-order valence-corrected chi connectivity index (χ0v) is 12.7. The van der Waals surface area contributed by atoms with Gasteiger partial charge < -0.3 is 10.1 Å². The SMILES string of the molecule is CCNC1CC(OCc2cccs2)C12CCCCC2. The van der Waals surface area contributed by atoms with E-state index in [1.807, 2.05) is 0 Å². The van der Waals surface area contributed by atoms with Crippen LogP contribution in [0.4, 0.5) is 0 Å². The van der Waals surface area contributed by atoms with Crippen molar-refractivity contribution in [1.29, 1.82) is 0 Å². The van der Waals surface area contributed by atoms with Crippen molar-refractivity contribution < 1.29 is 4.74 Å². The number of thiophene rings is 1. The predicted octanol–water partition coefficient (Wildman–Crippen LogP) is 3.97. The van der Waals surface area contributed by atoms with Crippen molar-refractivity contribution in [2.75, 3.05) is 6.54 Å². The molecule has 2 fully saturated rings. The summed E-state index contributed by atoms with van der Waals surface area (Å²) in [4.78, 5) is 1.36. The lowest BCUT2D eigenvalue weighted by Gasteiger charge is -2.58. The van der Waals surface area contributed by atoms with Gasteiger partial charge in [0.1, 0.15) is 0 Å². The van der Waals surface area contributed by atoms with Gasteiger partial charge in [-0.15, -0.1) is 11.3 Å². The third-order valence-corrected chi connectivity index (χ3v) is 5.88. The van der Waals surface area contributed by atoms with Gasteiger partial charge in [-0.05, 0) is 37.3 Å². The molecule has 1 aromatic rings. The van der Waals surface area contributed by atoms with Gasteiger partial charge in [-0.25, -0.2) is 0 Å². The van der Waals surface area contributed by atoms with E-state index in [4.69, 9.17) is 4.74 Å². The molecule has 2 unspecified atom stereocenters. The van der Waals surface area contributed by atoms with Crippen LogP contribution in [0.25, 0.3) is 0 Å². The van der Waals surface area contributed by atoms with Crippen LogP contribution in [0.15, 0.2) is 17.5 Å². The smallest absolute Gasteiger partial charge is 0.0813 e. The van der Waals surface area contributed by atoms with Crippen LogP contribution in [0.5, 0.6) is 0 Å². The minimum atomic E-state index is 0.450. The van der Waals surface area contributed by atoms with Gasteiger partial charge in [-0.2, -0.15) is 0 Å². The fourth-order valence-electron chi connectivity index (χ4n) is 3.97. The lowest BCUT2D eigenvalue weighted by Crippen LogP contribution is -2.64. The fourth-order valence-corrected chi connectivity index (χ4v) is 4.60. The molecule has 0 aliphatic heterocycles. The van der Waals surface area contributed by atoms with Crippen molar-refractivity contribution in [1.82, 2.24) is 5.32 Å². The van der Waals surface area contributed by atoms with Crippen LogP contribution in [0, 0.1) is 5.41 Å². The van der Waals surface area contributed by atoms with E-state index in [9.17, 15) is 0 Å². The first-order chi connectivity index (χ1) is 9.35. The Kier molecular flexibility index (Phi) is 4.25. The third kappa shape index (κ3) is 2.61. The van der Waals surface area contributed by atoms with E-state index >= 15 is 0 Å². The summed E-state index contributed by atoms with van der Waals surface area (Å²) in [6.45, 7) is 4.11. The highest BCUT2D eigenvalue weighted by atomic mass is 32.1. The summed E-state index contributed by atoms with van der Waals surface area (Å²) in [7, 11) is 0. The molecule has 0 bridgehead atoms. The van der Waals surface area contributed by atoms with Crippen molar-refractivity contribution in [2.45, 2.75) is 64.2 Å². The number of hydrogen-bond acceptors (Lipinski definition) is 3. The molecule has 2 aliphatic rings. The molecule has 0 amide bonds. The monoisotopic (exact) mass is 279 g/mol. The lowest BCUT2D eigenvalue weighted by molar-refractivity contribution is -0.157. The van der Waals surface area contributed by atoms with Crippen LogP contribution in [0.1, 0.15) is 50.3 Å². The molecule has 1 spiro atoms. The van der Waals surface area contributed by atoms with Gasteiger partial charge in [-0.3, -0.25) is 0 Å². The molecule has 0 aromatic carbocycles. The Labute approximate surface area is 120 Å². The number of ether oxygens (including phenoxy) is 1. The summed E-state index contributed by atoms with van der Waals surface area (Å²) < 4.78 is 6.26. The zero-order chi connectivity index (χ0) is 13.1. The van der Waals surface area contributed by atoms with Crippen LogP contribution < -0.4 is 5.32 Å². The molecule has 0 saturated heterocycles. The first-order valence-corrected chi connectivity index (χ1v) is 8.60. The summed E-state index contributed by atoms with van der Waals surface area (Å²) in [5, 5.41) is 5.82. The standard InChI is InChI=1S/C16H25NOS/c1-2-17-14-11-15(16(14)8-4-3-5-9-16)18-12-13-7-6-10-19-13/h6-7,10,14-15,17H,2-5,8-9,11-12H2,1H3. The number of rotatable bonds is 5. The summed E-state index contributed by atoms with van der Waals surface area (Å²) in [5.74, 6) is 0. The molecule has 3 rings (SSSR count). The highest BCUT2D eigenvalue weighted by Gasteiger charge is 2.55. The van der Waals surface area contributed by atoms with Crippen molar-refractivity contribution in [3.8, 4) is 0 Å². The molecule has 19 heavy (non-hydrogen) atoms. The Balaban J connectivity index is 1.61. The zero-order valence-electron chi connectivity index (χ0n) is 11.9. The van der Waals surface area contributed by atoms with Crippen LogP contribution in [-0.4, -0.2) is 18.7 Å². The molecule has 106 valence electrons. The van der Waals surface area contributed by atoms with E-state index in [0.717, 1.165) is 13.2 Å². The van der Waals surface area contributed by atoms with Gasteiger partial charge in [0, 0.05) is 16.3 Å². The summed E-state index contributed by atoms with van der Waals surface area (Å²) in [6.07, 6.45) is 8.61. The maximum atomic E-state index is 6.26. The van der Waals surface area contributed by atoms with Gasteiger partial charge in [0.2, 0.25) is 0 Å². The second-order valence-corrected chi connectivity index (χ2v) is 7.05. The van der Waals surface area contributed by atoms with E-state index in [1.165, 1.54) is 43.4 Å². The summed E-state index contributed by atoms with van der Waals surface area (Å²) in [6, 6.07) is 4.99.